The van der Waals surface area contributed by atoms with Gasteiger partial charge < -0.3 is 14.5 Å². The van der Waals surface area contributed by atoms with Crippen molar-refractivity contribution in [2.45, 2.75) is 39.0 Å². The van der Waals surface area contributed by atoms with Gasteiger partial charge in [0.15, 0.2) is 0 Å². The lowest BCUT2D eigenvalue weighted by Gasteiger charge is -2.31. The Morgan fingerprint density at radius 2 is 2.08 bits per heavy atom. The van der Waals surface area contributed by atoms with E-state index in [9.17, 15) is 9.59 Å². The molecule has 1 fully saturated rings. The first-order chi connectivity index (χ1) is 11.5. The van der Waals surface area contributed by atoms with Gasteiger partial charge in [-0.25, -0.2) is 0 Å². The van der Waals surface area contributed by atoms with Gasteiger partial charge in [-0.3, -0.25) is 14.7 Å². The second-order valence-electron chi connectivity index (χ2n) is 6.15. The van der Waals surface area contributed by atoms with Crippen molar-refractivity contribution < 1.29 is 19.2 Å². The van der Waals surface area contributed by atoms with Gasteiger partial charge in [0.1, 0.15) is 11.3 Å². The van der Waals surface area contributed by atoms with Gasteiger partial charge in [0, 0.05) is 24.7 Å². The molecule has 0 saturated carbocycles. The van der Waals surface area contributed by atoms with Crippen LogP contribution in [0.15, 0.2) is 10.6 Å². The van der Waals surface area contributed by atoms with Gasteiger partial charge in [-0.15, -0.1) is 0 Å². The van der Waals surface area contributed by atoms with Crippen LogP contribution in [0.4, 0.5) is 0 Å². The van der Waals surface area contributed by atoms with Crippen LogP contribution in [0.1, 0.15) is 52.0 Å². The third kappa shape index (κ3) is 3.17. The van der Waals surface area contributed by atoms with E-state index in [4.69, 9.17) is 9.63 Å². The van der Waals surface area contributed by atoms with Crippen LogP contribution in [0.5, 0.6) is 0 Å². The van der Waals surface area contributed by atoms with E-state index in [2.05, 4.69) is 15.4 Å². The lowest BCUT2D eigenvalue weighted by Crippen LogP contribution is -2.38. The van der Waals surface area contributed by atoms with E-state index in [0.29, 0.717) is 35.8 Å². The fraction of sp³-hybridized carbons (Fsp3) is 0.500. The predicted molar refractivity (Wildman–Crippen MR) is 83.8 cm³/mol. The molecule has 3 heterocycles. The Kier molecular flexibility index (Phi) is 4.37. The summed E-state index contributed by atoms with van der Waals surface area (Å²) in [5.41, 5.74) is 2.64. The first-order valence-corrected chi connectivity index (χ1v) is 7.94. The van der Waals surface area contributed by atoms with E-state index in [1.807, 2.05) is 11.0 Å². The third-order valence-electron chi connectivity index (χ3n) is 4.44. The van der Waals surface area contributed by atoms with E-state index in [-0.39, 0.29) is 18.2 Å². The molecule has 1 aliphatic rings. The number of H-pyrrole nitrogens is 1. The predicted octanol–water partition coefficient (Wildman–Crippen LogP) is 1.66. The second kappa shape index (κ2) is 6.46. The van der Waals surface area contributed by atoms with Crippen molar-refractivity contribution in [3.05, 3.63) is 34.5 Å². The van der Waals surface area contributed by atoms with Crippen molar-refractivity contribution >= 4 is 11.9 Å². The highest BCUT2D eigenvalue weighted by Crippen LogP contribution is 2.28. The fourth-order valence-corrected chi connectivity index (χ4v) is 3.17. The number of aromatic amines is 1. The van der Waals surface area contributed by atoms with E-state index >= 15 is 0 Å². The van der Waals surface area contributed by atoms with E-state index in [0.717, 1.165) is 18.5 Å². The molecule has 3 rings (SSSR count). The molecule has 0 bridgehead atoms. The number of aromatic nitrogens is 3. The number of nitrogens with one attached hydrogen (secondary N) is 1. The summed E-state index contributed by atoms with van der Waals surface area (Å²) in [7, 11) is 0. The molecule has 8 nitrogen and oxygen atoms in total. The van der Waals surface area contributed by atoms with Crippen molar-refractivity contribution in [2.24, 2.45) is 0 Å². The highest BCUT2D eigenvalue weighted by molar-refractivity contribution is 5.96. The summed E-state index contributed by atoms with van der Waals surface area (Å²) in [6, 6.07) is 1.81. The molecule has 1 saturated heterocycles. The molecule has 0 spiro atoms. The topological polar surface area (TPSA) is 112 Å². The summed E-state index contributed by atoms with van der Waals surface area (Å²) in [5.74, 6) is -0.147. The van der Waals surface area contributed by atoms with Gasteiger partial charge in [0.2, 0.25) is 0 Å². The Hall–Kier alpha value is -2.64. The van der Waals surface area contributed by atoms with Crippen molar-refractivity contribution in [3.63, 3.8) is 0 Å². The minimum Gasteiger partial charge on any atom is -0.481 e. The number of carbonyl (C=O) groups excluding carboxylic acids is 1. The molecule has 0 aliphatic carbocycles. The molecule has 2 aromatic rings. The molecule has 8 heteroatoms. The Balaban J connectivity index is 1.62. The lowest BCUT2D eigenvalue weighted by atomic mass is 9.93. The number of aliphatic carboxylic acids is 1. The molecule has 0 unspecified atom stereocenters. The summed E-state index contributed by atoms with van der Waals surface area (Å²) >= 11 is 0. The smallest absolute Gasteiger partial charge is 0.309 e. The first-order valence-electron chi connectivity index (χ1n) is 7.94. The molecule has 24 heavy (non-hydrogen) atoms. The molecule has 0 aromatic carbocycles. The summed E-state index contributed by atoms with van der Waals surface area (Å²) in [6.07, 6.45) is 1.54. The number of likely N-dealkylation sites (tertiary alicyclic amines) is 1. The minimum atomic E-state index is -0.884. The Bertz CT molecular complexity index is 736. The summed E-state index contributed by atoms with van der Waals surface area (Å²) in [6.45, 7) is 4.78. The van der Waals surface area contributed by atoms with Crippen LogP contribution in [0.3, 0.4) is 0 Å². The van der Waals surface area contributed by atoms with Crippen LogP contribution in [0, 0.1) is 13.8 Å². The van der Waals surface area contributed by atoms with Crippen LogP contribution in [0.2, 0.25) is 0 Å². The SMILES string of the molecule is Cc1noc(C)c1C(=O)N1CCC(c2cc(CC(=O)O)[nH]n2)CC1. The number of hydrogen-bond donors (Lipinski definition) is 2. The second-order valence-corrected chi connectivity index (χ2v) is 6.15. The maximum Gasteiger partial charge on any atom is 0.309 e. The van der Waals surface area contributed by atoms with Gasteiger partial charge in [-0.05, 0) is 32.8 Å². The van der Waals surface area contributed by atoms with Gasteiger partial charge in [0.25, 0.3) is 5.91 Å². The first kappa shape index (κ1) is 16.2. The monoisotopic (exact) mass is 332 g/mol. The normalized spacial score (nSPS) is 15.7. The standard InChI is InChI=1S/C16H20N4O4/c1-9-15(10(2)24-19-9)16(23)20-5-3-11(4-6-20)13-7-12(17-18-13)8-14(21)22/h7,11H,3-6,8H2,1-2H3,(H,17,18)(H,21,22). The third-order valence-corrected chi connectivity index (χ3v) is 4.44. The quantitative estimate of drug-likeness (QED) is 0.880. The van der Waals surface area contributed by atoms with Gasteiger partial charge in [0.05, 0.1) is 17.8 Å². The average molecular weight is 332 g/mol. The Morgan fingerprint density at radius 1 is 1.38 bits per heavy atom. The maximum atomic E-state index is 12.6. The molecule has 0 radical (unpaired) electrons. The molecule has 0 atom stereocenters. The molecule has 128 valence electrons. The lowest BCUT2D eigenvalue weighted by molar-refractivity contribution is -0.136. The molecule has 2 N–H and O–H groups in total. The number of piperidine rings is 1. The van der Waals surface area contributed by atoms with Crippen LogP contribution >= 0.6 is 0 Å². The van der Waals surface area contributed by atoms with Crippen molar-refractivity contribution in [1.82, 2.24) is 20.3 Å². The highest BCUT2D eigenvalue weighted by Gasteiger charge is 2.29. The van der Waals surface area contributed by atoms with Crippen LogP contribution in [-0.2, 0) is 11.2 Å². The van der Waals surface area contributed by atoms with Crippen LogP contribution in [-0.4, -0.2) is 50.3 Å². The van der Waals surface area contributed by atoms with Crippen molar-refractivity contribution in [1.29, 1.82) is 0 Å². The number of carbonyl (C=O) groups is 2. The number of nitrogens with zero attached hydrogens (tertiary/aromatic N) is 3. The minimum absolute atomic E-state index is 0.0432. The number of rotatable bonds is 4. The summed E-state index contributed by atoms with van der Waals surface area (Å²) in [5, 5.41) is 19.6. The number of carboxylic acids is 1. The average Bonchev–Trinajstić information content (AvgIpc) is 3.13. The van der Waals surface area contributed by atoms with Crippen LogP contribution < -0.4 is 0 Å². The van der Waals surface area contributed by atoms with Gasteiger partial charge in [-0.1, -0.05) is 5.16 Å². The van der Waals surface area contributed by atoms with E-state index < -0.39 is 5.97 Å². The molecular weight excluding hydrogens is 312 g/mol. The number of aryl methyl sites for hydroxylation is 2. The zero-order valence-corrected chi connectivity index (χ0v) is 13.7. The maximum absolute atomic E-state index is 12.6. The summed E-state index contributed by atoms with van der Waals surface area (Å²) < 4.78 is 5.07. The fourth-order valence-electron chi connectivity index (χ4n) is 3.17. The molecule has 1 amide bonds. The number of amides is 1. The van der Waals surface area contributed by atoms with E-state index in [1.54, 1.807) is 13.8 Å². The van der Waals surface area contributed by atoms with Crippen molar-refractivity contribution in [3.8, 4) is 0 Å². The molecular formula is C16H20N4O4. The summed E-state index contributed by atoms with van der Waals surface area (Å²) in [4.78, 5) is 25.2. The largest absolute Gasteiger partial charge is 0.481 e. The highest BCUT2D eigenvalue weighted by atomic mass is 16.5. The molecule has 2 aromatic heterocycles. The Morgan fingerprint density at radius 3 is 2.67 bits per heavy atom. The van der Waals surface area contributed by atoms with E-state index in [1.165, 1.54) is 0 Å². The van der Waals surface area contributed by atoms with Crippen molar-refractivity contribution in [2.75, 3.05) is 13.1 Å². The van der Waals surface area contributed by atoms with Gasteiger partial charge >= 0.3 is 5.97 Å². The van der Waals surface area contributed by atoms with Gasteiger partial charge in [-0.2, -0.15) is 5.10 Å². The number of carboxylic acid groups (broad SMARTS) is 1. The Labute approximate surface area is 138 Å². The zero-order chi connectivity index (χ0) is 17.3. The number of hydrogen-bond acceptors (Lipinski definition) is 5. The zero-order valence-electron chi connectivity index (χ0n) is 13.7. The van der Waals surface area contributed by atoms with Crippen LogP contribution in [0.25, 0.3) is 0 Å². The molecule has 1 aliphatic heterocycles.